The minimum absolute atomic E-state index is 0.0998. The van der Waals surface area contributed by atoms with Gasteiger partial charge in [-0.15, -0.1) is 0 Å². The van der Waals surface area contributed by atoms with Crippen LogP contribution in [0.25, 0.3) is 0 Å². The normalized spacial score (nSPS) is 24.6. The second-order valence-electron chi connectivity index (χ2n) is 5.26. The van der Waals surface area contributed by atoms with Crippen LogP contribution in [0.1, 0.15) is 37.3 Å². The number of amides is 1. The van der Waals surface area contributed by atoms with Crippen LogP contribution in [0.2, 0.25) is 0 Å². The summed E-state index contributed by atoms with van der Waals surface area (Å²) in [5.41, 5.74) is 1.10. The SMILES string of the molecule is O=C(CC1C=CCC1)NC1CCOc2ccccc21. The number of benzene rings is 1. The second kappa shape index (κ2) is 5.47. The standard InChI is InChI=1S/C16H19NO2/c18-16(11-12-5-1-2-6-12)17-14-9-10-19-15-8-4-3-7-13(14)15/h1,3-5,7-8,12,14H,2,6,9-11H2,(H,17,18). The molecule has 1 aromatic rings. The minimum Gasteiger partial charge on any atom is -0.493 e. The van der Waals surface area contributed by atoms with Crippen LogP contribution < -0.4 is 10.1 Å². The molecule has 1 aromatic carbocycles. The minimum atomic E-state index is 0.0998. The molecule has 1 aliphatic heterocycles. The topological polar surface area (TPSA) is 38.3 Å². The van der Waals surface area contributed by atoms with E-state index in [0.717, 1.165) is 30.6 Å². The molecule has 100 valence electrons. The number of para-hydroxylation sites is 1. The second-order valence-corrected chi connectivity index (χ2v) is 5.26. The average Bonchev–Trinajstić information content (AvgIpc) is 2.92. The molecule has 0 spiro atoms. The van der Waals surface area contributed by atoms with Crippen LogP contribution in [0.4, 0.5) is 0 Å². The Morgan fingerprint density at radius 3 is 3.05 bits per heavy atom. The molecule has 3 heteroatoms. The molecule has 19 heavy (non-hydrogen) atoms. The Labute approximate surface area is 113 Å². The molecule has 0 aromatic heterocycles. The molecular weight excluding hydrogens is 238 g/mol. The Hall–Kier alpha value is -1.77. The van der Waals surface area contributed by atoms with Gasteiger partial charge < -0.3 is 10.1 Å². The molecule has 2 aliphatic rings. The fourth-order valence-electron chi connectivity index (χ4n) is 2.85. The molecule has 1 amide bonds. The highest BCUT2D eigenvalue weighted by Crippen LogP contribution is 2.31. The zero-order chi connectivity index (χ0) is 13.1. The van der Waals surface area contributed by atoms with E-state index in [1.54, 1.807) is 0 Å². The lowest BCUT2D eigenvalue weighted by Gasteiger charge is -2.27. The number of carbonyl (C=O) groups excluding carboxylic acids is 1. The van der Waals surface area contributed by atoms with Crippen molar-refractivity contribution in [1.29, 1.82) is 0 Å². The quantitative estimate of drug-likeness (QED) is 0.845. The summed E-state index contributed by atoms with van der Waals surface area (Å²) in [5, 5.41) is 3.15. The van der Waals surface area contributed by atoms with E-state index in [4.69, 9.17) is 4.74 Å². The zero-order valence-corrected chi connectivity index (χ0v) is 11.0. The first-order valence-electron chi connectivity index (χ1n) is 7.00. The maximum absolute atomic E-state index is 12.1. The van der Waals surface area contributed by atoms with Gasteiger partial charge >= 0.3 is 0 Å². The van der Waals surface area contributed by atoms with Crippen LogP contribution in [0.5, 0.6) is 5.75 Å². The van der Waals surface area contributed by atoms with Gasteiger partial charge in [-0.3, -0.25) is 4.79 Å². The molecule has 1 N–H and O–H groups in total. The van der Waals surface area contributed by atoms with E-state index in [2.05, 4.69) is 17.5 Å². The molecule has 0 saturated heterocycles. The molecular formula is C16H19NO2. The maximum Gasteiger partial charge on any atom is 0.221 e. The van der Waals surface area contributed by atoms with E-state index in [0.29, 0.717) is 18.9 Å². The summed E-state index contributed by atoms with van der Waals surface area (Å²) in [6.45, 7) is 0.672. The van der Waals surface area contributed by atoms with Gasteiger partial charge in [0.15, 0.2) is 0 Å². The number of hydrogen-bond donors (Lipinski definition) is 1. The first-order chi connectivity index (χ1) is 9.33. The predicted octanol–water partition coefficient (Wildman–Crippen LogP) is 2.98. The number of allylic oxidation sites excluding steroid dienone is 2. The third-order valence-electron chi connectivity index (χ3n) is 3.85. The van der Waals surface area contributed by atoms with Gasteiger partial charge in [0.25, 0.3) is 0 Å². The maximum atomic E-state index is 12.1. The number of hydrogen-bond acceptors (Lipinski definition) is 2. The number of carbonyl (C=O) groups is 1. The van der Waals surface area contributed by atoms with Crippen LogP contribution in [0.3, 0.4) is 0 Å². The van der Waals surface area contributed by atoms with E-state index in [-0.39, 0.29) is 11.9 Å². The summed E-state index contributed by atoms with van der Waals surface area (Å²) < 4.78 is 5.61. The van der Waals surface area contributed by atoms with Crippen molar-refractivity contribution in [2.24, 2.45) is 5.92 Å². The van der Waals surface area contributed by atoms with Gasteiger partial charge in [-0.1, -0.05) is 30.4 Å². The Bertz CT molecular complexity index is 495. The van der Waals surface area contributed by atoms with Crippen LogP contribution in [0, 0.1) is 5.92 Å². The molecule has 3 rings (SSSR count). The van der Waals surface area contributed by atoms with Gasteiger partial charge in [0.05, 0.1) is 12.6 Å². The van der Waals surface area contributed by atoms with Crippen LogP contribution in [-0.2, 0) is 4.79 Å². The smallest absolute Gasteiger partial charge is 0.221 e. The van der Waals surface area contributed by atoms with Crippen molar-refractivity contribution in [1.82, 2.24) is 5.32 Å². The Kier molecular flexibility index (Phi) is 3.53. The summed E-state index contributed by atoms with van der Waals surface area (Å²) in [6.07, 6.45) is 8.01. The van der Waals surface area contributed by atoms with Crippen LogP contribution >= 0.6 is 0 Å². The predicted molar refractivity (Wildman–Crippen MR) is 73.9 cm³/mol. The van der Waals surface area contributed by atoms with Gasteiger partial charge in [0, 0.05) is 18.4 Å². The molecule has 1 heterocycles. The molecule has 0 fully saturated rings. The fourth-order valence-corrected chi connectivity index (χ4v) is 2.85. The van der Waals surface area contributed by atoms with Gasteiger partial charge in [-0.05, 0) is 24.8 Å². The van der Waals surface area contributed by atoms with Crippen molar-refractivity contribution in [3.8, 4) is 5.75 Å². The van der Waals surface area contributed by atoms with Gasteiger partial charge in [0.1, 0.15) is 5.75 Å². The van der Waals surface area contributed by atoms with Crippen molar-refractivity contribution in [2.75, 3.05) is 6.61 Å². The van der Waals surface area contributed by atoms with E-state index in [1.807, 2.05) is 24.3 Å². The Morgan fingerprint density at radius 2 is 2.21 bits per heavy atom. The highest BCUT2D eigenvalue weighted by atomic mass is 16.5. The molecule has 0 saturated carbocycles. The molecule has 2 unspecified atom stereocenters. The van der Waals surface area contributed by atoms with E-state index >= 15 is 0 Å². The fraction of sp³-hybridized carbons (Fsp3) is 0.438. The third-order valence-corrected chi connectivity index (χ3v) is 3.85. The van der Waals surface area contributed by atoms with Gasteiger partial charge in [0.2, 0.25) is 5.91 Å². The highest BCUT2D eigenvalue weighted by molar-refractivity contribution is 5.77. The van der Waals surface area contributed by atoms with Crippen molar-refractivity contribution < 1.29 is 9.53 Å². The third kappa shape index (κ3) is 2.80. The van der Waals surface area contributed by atoms with Crippen molar-refractivity contribution >= 4 is 5.91 Å². The number of nitrogens with one attached hydrogen (secondary N) is 1. The van der Waals surface area contributed by atoms with Crippen LogP contribution in [-0.4, -0.2) is 12.5 Å². The van der Waals surface area contributed by atoms with Crippen molar-refractivity contribution in [3.05, 3.63) is 42.0 Å². The number of fused-ring (bicyclic) bond motifs is 1. The first-order valence-corrected chi connectivity index (χ1v) is 7.00. The Morgan fingerprint density at radius 1 is 1.32 bits per heavy atom. The van der Waals surface area contributed by atoms with E-state index in [9.17, 15) is 4.79 Å². The lowest BCUT2D eigenvalue weighted by Crippen LogP contribution is -2.32. The van der Waals surface area contributed by atoms with Crippen molar-refractivity contribution in [3.63, 3.8) is 0 Å². The monoisotopic (exact) mass is 257 g/mol. The van der Waals surface area contributed by atoms with Crippen LogP contribution in [0.15, 0.2) is 36.4 Å². The summed E-state index contributed by atoms with van der Waals surface area (Å²) in [5.74, 6) is 1.48. The summed E-state index contributed by atoms with van der Waals surface area (Å²) in [4.78, 5) is 12.1. The molecule has 2 atom stereocenters. The zero-order valence-electron chi connectivity index (χ0n) is 11.0. The summed E-state index contributed by atoms with van der Waals surface area (Å²) in [7, 11) is 0. The van der Waals surface area contributed by atoms with Gasteiger partial charge in [-0.25, -0.2) is 0 Å². The average molecular weight is 257 g/mol. The molecule has 0 bridgehead atoms. The lowest BCUT2D eigenvalue weighted by molar-refractivity contribution is -0.122. The Balaban J connectivity index is 1.64. The highest BCUT2D eigenvalue weighted by Gasteiger charge is 2.23. The largest absolute Gasteiger partial charge is 0.493 e. The molecule has 1 aliphatic carbocycles. The molecule has 0 radical (unpaired) electrons. The number of rotatable bonds is 3. The van der Waals surface area contributed by atoms with Crippen molar-refractivity contribution in [2.45, 2.75) is 31.7 Å². The van der Waals surface area contributed by atoms with E-state index in [1.165, 1.54) is 0 Å². The lowest BCUT2D eigenvalue weighted by atomic mass is 9.99. The molecule has 3 nitrogen and oxygen atoms in total. The van der Waals surface area contributed by atoms with Gasteiger partial charge in [-0.2, -0.15) is 0 Å². The van der Waals surface area contributed by atoms with E-state index < -0.39 is 0 Å². The summed E-state index contributed by atoms with van der Waals surface area (Å²) in [6, 6.07) is 8.06. The number of ether oxygens (including phenoxy) is 1. The first kappa shape index (κ1) is 12.3. The summed E-state index contributed by atoms with van der Waals surface area (Å²) >= 11 is 0.